The molecule has 2 N–H and O–H groups in total. The standard InChI is InChI=1S/C11H17N3O2S/c12-9-2-1-4-14-6-10(13-11(9)14)8-3-5-17(15,16)7-8/h6,8-9H,1-5,7,12H2. The van der Waals surface area contributed by atoms with Crippen molar-refractivity contribution < 1.29 is 8.42 Å². The van der Waals surface area contributed by atoms with E-state index in [9.17, 15) is 8.42 Å². The normalized spacial score (nSPS) is 31.4. The Hall–Kier alpha value is -0.880. The molecule has 94 valence electrons. The molecule has 0 aliphatic carbocycles. The minimum Gasteiger partial charge on any atom is -0.333 e. The van der Waals surface area contributed by atoms with E-state index in [4.69, 9.17) is 5.73 Å². The zero-order chi connectivity index (χ0) is 12.0. The average molecular weight is 255 g/mol. The molecule has 2 atom stereocenters. The van der Waals surface area contributed by atoms with E-state index in [0.717, 1.165) is 30.9 Å². The van der Waals surface area contributed by atoms with Gasteiger partial charge in [-0.15, -0.1) is 0 Å². The number of sulfone groups is 1. The van der Waals surface area contributed by atoms with Crippen molar-refractivity contribution in [3.63, 3.8) is 0 Å². The summed E-state index contributed by atoms with van der Waals surface area (Å²) < 4.78 is 25.0. The molecule has 3 heterocycles. The molecule has 1 saturated heterocycles. The van der Waals surface area contributed by atoms with Crippen molar-refractivity contribution in [2.24, 2.45) is 5.73 Å². The topological polar surface area (TPSA) is 78.0 Å². The Morgan fingerprint density at radius 1 is 1.41 bits per heavy atom. The maximum Gasteiger partial charge on any atom is 0.151 e. The molecule has 1 fully saturated rings. The molecule has 0 aromatic carbocycles. The third-order valence-corrected chi connectivity index (χ3v) is 5.49. The molecule has 1 aromatic heterocycles. The van der Waals surface area contributed by atoms with Gasteiger partial charge in [0.25, 0.3) is 0 Å². The van der Waals surface area contributed by atoms with Crippen molar-refractivity contribution >= 4 is 9.84 Å². The lowest BCUT2D eigenvalue weighted by molar-refractivity contribution is 0.451. The van der Waals surface area contributed by atoms with Gasteiger partial charge < -0.3 is 10.3 Å². The average Bonchev–Trinajstić information content (AvgIpc) is 2.82. The van der Waals surface area contributed by atoms with Crippen molar-refractivity contribution in [3.8, 4) is 0 Å². The van der Waals surface area contributed by atoms with Gasteiger partial charge in [0.05, 0.1) is 23.2 Å². The highest BCUT2D eigenvalue weighted by Crippen LogP contribution is 2.31. The summed E-state index contributed by atoms with van der Waals surface area (Å²) >= 11 is 0. The molecule has 0 radical (unpaired) electrons. The van der Waals surface area contributed by atoms with Crippen LogP contribution in [0.25, 0.3) is 0 Å². The maximum absolute atomic E-state index is 11.5. The lowest BCUT2D eigenvalue weighted by Gasteiger charge is -2.19. The summed E-state index contributed by atoms with van der Waals surface area (Å²) in [7, 11) is -2.84. The Kier molecular flexibility index (Phi) is 2.52. The van der Waals surface area contributed by atoms with E-state index in [2.05, 4.69) is 9.55 Å². The van der Waals surface area contributed by atoms with Crippen LogP contribution in [-0.4, -0.2) is 29.5 Å². The molecule has 3 rings (SSSR count). The third-order valence-electron chi connectivity index (χ3n) is 3.72. The first-order chi connectivity index (χ1) is 8.05. The minimum absolute atomic E-state index is 0.00973. The van der Waals surface area contributed by atoms with Crippen LogP contribution in [0.15, 0.2) is 6.20 Å². The number of fused-ring (bicyclic) bond motifs is 1. The van der Waals surface area contributed by atoms with Crippen molar-refractivity contribution in [2.75, 3.05) is 11.5 Å². The van der Waals surface area contributed by atoms with Crippen LogP contribution < -0.4 is 5.73 Å². The zero-order valence-corrected chi connectivity index (χ0v) is 10.5. The largest absolute Gasteiger partial charge is 0.333 e. The minimum atomic E-state index is -2.84. The van der Waals surface area contributed by atoms with E-state index in [1.807, 2.05) is 6.20 Å². The Balaban J connectivity index is 1.90. The van der Waals surface area contributed by atoms with E-state index in [1.165, 1.54) is 0 Å². The highest BCUT2D eigenvalue weighted by Gasteiger charge is 2.32. The van der Waals surface area contributed by atoms with Crippen LogP contribution in [0.4, 0.5) is 0 Å². The summed E-state index contributed by atoms with van der Waals surface area (Å²) in [6.45, 7) is 0.954. The SMILES string of the molecule is NC1CCCn2cc(C3CCS(=O)(=O)C3)nc21. The number of nitrogens with zero attached hydrogens (tertiary/aromatic N) is 2. The highest BCUT2D eigenvalue weighted by molar-refractivity contribution is 7.91. The number of nitrogens with two attached hydrogens (primary N) is 1. The van der Waals surface area contributed by atoms with Crippen LogP contribution in [0.3, 0.4) is 0 Å². The predicted molar refractivity (Wildman–Crippen MR) is 64.4 cm³/mol. The summed E-state index contributed by atoms with van der Waals surface area (Å²) in [5.74, 6) is 1.55. The quantitative estimate of drug-likeness (QED) is 0.796. The van der Waals surface area contributed by atoms with Crippen molar-refractivity contribution in [1.82, 2.24) is 9.55 Å². The smallest absolute Gasteiger partial charge is 0.151 e. The Morgan fingerprint density at radius 3 is 2.88 bits per heavy atom. The second-order valence-corrected chi connectivity index (χ2v) is 7.29. The second kappa shape index (κ2) is 3.81. The lowest BCUT2D eigenvalue weighted by atomic mass is 10.1. The van der Waals surface area contributed by atoms with Gasteiger partial charge in [0.1, 0.15) is 5.82 Å². The van der Waals surface area contributed by atoms with Gasteiger partial charge in [-0.2, -0.15) is 0 Å². The highest BCUT2D eigenvalue weighted by atomic mass is 32.2. The number of aryl methyl sites for hydroxylation is 1. The first kappa shape index (κ1) is 11.2. The fourth-order valence-electron chi connectivity index (χ4n) is 2.76. The fourth-order valence-corrected chi connectivity index (χ4v) is 4.52. The van der Waals surface area contributed by atoms with Gasteiger partial charge in [-0.1, -0.05) is 0 Å². The van der Waals surface area contributed by atoms with Gasteiger partial charge >= 0.3 is 0 Å². The Bertz CT molecular complexity index is 535. The van der Waals surface area contributed by atoms with Gasteiger partial charge in [0.2, 0.25) is 0 Å². The molecule has 17 heavy (non-hydrogen) atoms. The molecule has 0 spiro atoms. The summed E-state index contributed by atoms with van der Waals surface area (Å²) in [5, 5.41) is 0. The number of hydrogen-bond acceptors (Lipinski definition) is 4. The lowest BCUT2D eigenvalue weighted by Crippen LogP contribution is -2.21. The van der Waals surface area contributed by atoms with E-state index in [0.29, 0.717) is 12.2 Å². The van der Waals surface area contributed by atoms with Gasteiger partial charge in [-0.25, -0.2) is 13.4 Å². The molecule has 1 aromatic rings. The van der Waals surface area contributed by atoms with Gasteiger partial charge in [0, 0.05) is 18.7 Å². The number of rotatable bonds is 1. The molecular weight excluding hydrogens is 238 g/mol. The number of imidazole rings is 1. The monoisotopic (exact) mass is 255 g/mol. The van der Waals surface area contributed by atoms with Crippen molar-refractivity contribution in [2.45, 2.75) is 37.8 Å². The molecular formula is C11H17N3O2S. The molecule has 5 nitrogen and oxygen atoms in total. The van der Waals surface area contributed by atoms with Crippen LogP contribution >= 0.6 is 0 Å². The van der Waals surface area contributed by atoms with Crippen molar-refractivity contribution in [3.05, 3.63) is 17.7 Å². The first-order valence-electron chi connectivity index (χ1n) is 6.08. The molecule has 0 amide bonds. The summed E-state index contributed by atoms with van der Waals surface area (Å²) in [5.41, 5.74) is 6.93. The molecule has 2 unspecified atom stereocenters. The molecule has 0 bridgehead atoms. The maximum atomic E-state index is 11.5. The molecule has 2 aliphatic rings. The fraction of sp³-hybridized carbons (Fsp3) is 0.727. The van der Waals surface area contributed by atoms with Crippen LogP contribution in [0.1, 0.15) is 42.7 Å². The van der Waals surface area contributed by atoms with Gasteiger partial charge in [-0.05, 0) is 19.3 Å². The van der Waals surface area contributed by atoms with E-state index < -0.39 is 9.84 Å². The Labute approximate surface area is 101 Å². The first-order valence-corrected chi connectivity index (χ1v) is 7.90. The van der Waals surface area contributed by atoms with E-state index in [-0.39, 0.29) is 17.7 Å². The molecule has 2 aliphatic heterocycles. The van der Waals surface area contributed by atoms with Gasteiger partial charge in [-0.3, -0.25) is 0 Å². The van der Waals surface area contributed by atoms with Crippen LogP contribution in [-0.2, 0) is 16.4 Å². The second-order valence-electron chi connectivity index (χ2n) is 5.07. The van der Waals surface area contributed by atoms with Crippen LogP contribution in [0.2, 0.25) is 0 Å². The van der Waals surface area contributed by atoms with E-state index in [1.54, 1.807) is 0 Å². The van der Waals surface area contributed by atoms with Crippen LogP contribution in [0.5, 0.6) is 0 Å². The number of hydrogen-bond donors (Lipinski definition) is 1. The molecule has 6 heteroatoms. The summed E-state index contributed by atoms with van der Waals surface area (Å²) in [6.07, 6.45) is 4.75. The summed E-state index contributed by atoms with van der Waals surface area (Å²) in [6, 6.07) is 0.00973. The van der Waals surface area contributed by atoms with Gasteiger partial charge in [0.15, 0.2) is 9.84 Å². The summed E-state index contributed by atoms with van der Waals surface area (Å²) in [4.78, 5) is 4.55. The Morgan fingerprint density at radius 2 is 2.24 bits per heavy atom. The predicted octanol–water partition coefficient (Wildman–Crippen LogP) is 0.579. The van der Waals surface area contributed by atoms with Crippen molar-refractivity contribution in [1.29, 1.82) is 0 Å². The number of aromatic nitrogens is 2. The zero-order valence-electron chi connectivity index (χ0n) is 9.67. The third kappa shape index (κ3) is 1.99. The van der Waals surface area contributed by atoms with E-state index >= 15 is 0 Å². The molecule has 0 saturated carbocycles. The van der Waals surface area contributed by atoms with Crippen LogP contribution in [0, 0.1) is 0 Å².